The van der Waals surface area contributed by atoms with E-state index < -0.39 is 43.3 Å². The molecule has 1 aliphatic rings. The van der Waals surface area contributed by atoms with Gasteiger partial charge >= 0.3 is 0 Å². The molecule has 1 aromatic heterocycles. The van der Waals surface area contributed by atoms with Crippen molar-refractivity contribution in [3.8, 4) is 12.1 Å². The molecule has 1 fully saturated rings. The number of nitriles is 2. The van der Waals surface area contributed by atoms with Crippen molar-refractivity contribution in [2.24, 2.45) is 0 Å². The standard InChI is InChI=1S/C19H16F2N6O2/c20-19(21)5-16(7-23)27(12-19)17(28)9-24-18(29)15-8-25-26(11-15)10-14-3-1-13(6-22)2-4-14/h1-4,8,11,16H,5,9-10,12H2,(H,24,29)/t16-/m0/s1. The number of alkyl halides is 2. The molecule has 0 spiro atoms. The van der Waals surface area contributed by atoms with E-state index in [1.54, 1.807) is 30.3 Å². The molecule has 3 rings (SSSR count). The molecule has 8 nitrogen and oxygen atoms in total. The quantitative estimate of drug-likeness (QED) is 0.815. The van der Waals surface area contributed by atoms with Crippen LogP contribution >= 0.6 is 0 Å². The van der Waals surface area contributed by atoms with Gasteiger partial charge in [-0.15, -0.1) is 0 Å². The predicted molar refractivity (Wildman–Crippen MR) is 95.5 cm³/mol. The third-order valence-electron chi connectivity index (χ3n) is 4.46. The normalized spacial score (nSPS) is 17.4. The Kier molecular flexibility index (Phi) is 5.55. The van der Waals surface area contributed by atoms with Crippen LogP contribution in [0.3, 0.4) is 0 Å². The highest BCUT2D eigenvalue weighted by Crippen LogP contribution is 2.31. The lowest BCUT2D eigenvalue weighted by Gasteiger charge is -2.19. The maximum atomic E-state index is 13.4. The summed E-state index contributed by atoms with van der Waals surface area (Å²) in [5.74, 6) is -4.43. The smallest absolute Gasteiger partial charge is 0.268 e. The number of amides is 2. The largest absolute Gasteiger partial charge is 0.343 e. The number of hydrogen-bond acceptors (Lipinski definition) is 5. The number of nitrogens with zero attached hydrogens (tertiary/aromatic N) is 5. The Morgan fingerprint density at radius 1 is 1.28 bits per heavy atom. The number of aromatic nitrogens is 2. The lowest BCUT2D eigenvalue weighted by molar-refractivity contribution is -0.131. The van der Waals surface area contributed by atoms with Gasteiger partial charge in [0.1, 0.15) is 6.04 Å². The Labute approximate surface area is 164 Å². The van der Waals surface area contributed by atoms with Crippen molar-refractivity contribution in [1.82, 2.24) is 20.0 Å². The molecular weight excluding hydrogens is 382 g/mol. The summed E-state index contributed by atoms with van der Waals surface area (Å²) in [6.07, 6.45) is 2.11. The number of benzene rings is 1. The van der Waals surface area contributed by atoms with Gasteiger partial charge < -0.3 is 10.2 Å². The fourth-order valence-electron chi connectivity index (χ4n) is 2.99. The first kappa shape index (κ1) is 20.0. The highest BCUT2D eigenvalue weighted by Gasteiger charge is 2.47. The minimum absolute atomic E-state index is 0.204. The molecule has 1 N–H and O–H groups in total. The van der Waals surface area contributed by atoms with Gasteiger partial charge in [-0.25, -0.2) is 8.78 Å². The van der Waals surface area contributed by atoms with E-state index >= 15 is 0 Å². The molecule has 10 heteroatoms. The number of carbonyl (C=O) groups is 2. The Bertz CT molecular complexity index is 1000. The predicted octanol–water partition coefficient (Wildman–Crippen LogP) is 1.29. The summed E-state index contributed by atoms with van der Waals surface area (Å²) < 4.78 is 28.4. The molecule has 1 saturated heterocycles. The molecule has 1 atom stereocenters. The van der Waals surface area contributed by atoms with Crippen molar-refractivity contribution in [1.29, 1.82) is 10.5 Å². The van der Waals surface area contributed by atoms with Gasteiger partial charge in [0.05, 0.1) is 49.1 Å². The van der Waals surface area contributed by atoms with E-state index in [-0.39, 0.29) is 5.56 Å². The van der Waals surface area contributed by atoms with Gasteiger partial charge in [0.2, 0.25) is 5.91 Å². The van der Waals surface area contributed by atoms with Crippen LogP contribution in [0, 0.1) is 22.7 Å². The topological polar surface area (TPSA) is 115 Å². The molecule has 0 aliphatic carbocycles. The number of halogens is 2. The summed E-state index contributed by atoms with van der Waals surface area (Å²) in [5, 5.41) is 24.2. The summed E-state index contributed by atoms with van der Waals surface area (Å²) in [6.45, 7) is -0.943. The van der Waals surface area contributed by atoms with Gasteiger partial charge in [0.15, 0.2) is 0 Å². The van der Waals surface area contributed by atoms with Gasteiger partial charge in [-0.1, -0.05) is 12.1 Å². The lowest BCUT2D eigenvalue weighted by Crippen LogP contribution is -2.42. The minimum atomic E-state index is -3.10. The van der Waals surface area contributed by atoms with Crippen molar-refractivity contribution >= 4 is 11.8 Å². The van der Waals surface area contributed by atoms with E-state index in [2.05, 4.69) is 10.4 Å². The highest BCUT2D eigenvalue weighted by molar-refractivity contribution is 5.96. The molecule has 0 bridgehead atoms. The average Bonchev–Trinajstić information content (AvgIpc) is 3.30. The Morgan fingerprint density at radius 2 is 2.00 bits per heavy atom. The second-order valence-electron chi connectivity index (χ2n) is 6.64. The summed E-state index contributed by atoms with van der Waals surface area (Å²) in [4.78, 5) is 25.1. The van der Waals surface area contributed by atoms with Crippen LogP contribution < -0.4 is 5.32 Å². The van der Waals surface area contributed by atoms with Gasteiger partial charge in [-0.2, -0.15) is 15.6 Å². The fraction of sp³-hybridized carbons (Fsp3) is 0.316. The maximum Gasteiger partial charge on any atom is 0.268 e. The number of hydrogen-bond donors (Lipinski definition) is 1. The van der Waals surface area contributed by atoms with Gasteiger partial charge in [0, 0.05) is 12.6 Å². The fourth-order valence-corrected chi connectivity index (χ4v) is 2.99. The molecule has 0 saturated carbocycles. The van der Waals surface area contributed by atoms with E-state index in [1.807, 2.05) is 6.07 Å². The maximum absolute atomic E-state index is 13.4. The first-order valence-electron chi connectivity index (χ1n) is 8.68. The summed E-state index contributed by atoms with van der Waals surface area (Å²) in [5.41, 5.74) is 1.62. The van der Waals surface area contributed by atoms with Crippen LogP contribution in [0.15, 0.2) is 36.7 Å². The summed E-state index contributed by atoms with van der Waals surface area (Å²) in [6, 6.07) is 9.40. The third kappa shape index (κ3) is 4.74. The van der Waals surface area contributed by atoms with Crippen LogP contribution in [-0.4, -0.2) is 51.5 Å². The second-order valence-corrected chi connectivity index (χ2v) is 6.64. The Hall–Kier alpha value is -3.79. The summed E-state index contributed by atoms with van der Waals surface area (Å²) in [7, 11) is 0. The first-order valence-corrected chi connectivity index (χ1v) is 8.68. The first-order chi connectivity index (χ1) is 13.8. The third-order valence-corrected chi connectivity index (χ3v) is 4.46. The average molecular weight is 398 g/mol. The number of carbonyl (C=O) groups excluding carboxylic acids is 2. The molecule has 1 aromatic carbocycles. The van der Waals surface area contributed by atoms with E-state index in [1.165, 1.54) is 17.1 Å². The van der Waals surface area contributed by atoms with Crippen LogP contribution in [0.4, 0.5) is 8.78 Å². The Balaban J connectivity index is 1.55. The van der Waals surface area contributed by atoms with E-state index in [9.17, 15) is 18.4 Å². The van der Waals surface area contributed by atoms with E-state index in [0.717, 1.165) is 10.5 Å². The van der Waals surface area contributed by atoms with E-state index in [4.69, 9.17) is 10.5 Å². The van der Waals surface area contributed by atoms with Crippen molar-refractivity contribution in [3.05, 3.63) is 53.3 Å². The highest BCUT2D eigenvalue weighted by atomic mass is 19.3. The zero-order valence-corrected chi connectivity index (χ0v) is 15.2. The van der Waals surface area contributed by atoms with Gasteiger partial charge in [-0.05, 0) is 17.7 Å². The zero-order valence-electron chi connectivity index (χ0n) is 15.2. The molecular formula is C19H16F2N6O2. The number of likely N-dealkylation sites (tertiary alicyclic amines) is 1. The summed E-state index contributed by atoms with van der Waals surface area (Å²) >= 11 is 0. The Morgan fingerprint density at radius 3 is 2.66 bits per heavy atom. The number of rotatable bonds is 5. The monoisotopic (exact) mass is 398 g/mol. The SMILES string of the molecule is N#Cc1ccc(Cn2cc(C(=O)NCC(=O)N3CC(F)(F)C[C@H]3C#N)cn2)cc1. The molecule has 29 heavy (non-hydrogen) atoms. The molecule has 2 amide bonds. The molecule has 2 aromatic rings. The lowest BCUT2D eigenvalue weighted by atomic mass is 10.1. The van der Waals surface area contributed by atoms with Crippen LogP contribution in [0.5, 0.6) is 0 Å². The van der Waals surface area contributed by atoms with Crippen LogP contribution in [-0.2, 0) is 11.3 Å². The van der Waals surface area contributed by atoms with Crippen molar-refractivity contribution in [3.63, 3.8) is 0 Å². The van der Waals surface area contributed by atoms with E-state index in [0.29, 0.717) is 12.1 Å². The molecule has 148 valence electrons. The second kappa shape index (κ2) is 8.07. The van der Waals surface area contributed by atoms with Gasteiger partial charge in [0.25, 0.3) is 11.8 Å². The molecule has 2 heterocycles. The molecule has 0 radical (unpaired) electrons. The minimum Gasteiger partial charge on any atom is -0.343 e. The van der Waals surface area contributed by atoms with Crippen LogP contribution in [0.2, 0.25) is 0 Å². The molecule has 1 aliphatic heterocycles. The van der Waals surface area contributed by atoms with Crippen molar-refractivity contribution in [2.75, 3.05) is 13.1 Å². The van der Waals surface area contributed by atoms with Crippen molar-refractivity contribution in [2.45, 2.75) is 24.9 Å². The van der Waals surface area contributed by atoms with Crippen molar-refractivity contribution < 1.29 is 18.4 Å². The van der Waals surface area contributed by atoms with Gasteiger partial charge in [-0.3, -0.25) is 14.3 Å². The zero-order chi connectivity index (χ0) is 21.0. The van der Waals surface area contributed by atoms with Crippen LogP contribution in [0.25, 0.3) is 0 Å². The number of nitrogens with one attached hydrogen (secondary N) is 1. The molecule has 0 unspecified atom stereocenters. The van der Waals surface area contributed by atoms with Crippen LogP contribution in [0.1, 0.15) is 27.9 Å².